The Morgan fingerprint density at radius 3 is 2.84 bits per heavy atom. The molecule has 0 bridgehead atoms. The molecule has 7 heteroatoms. The van der Waals surface area contributed by atoms with E-state index < -0.39 is 0 Å². The summed E-state index contributed by atoms with van der Waals surface area (Å²) in [4.78, 5) is 13.7. The highest BCUT2D eigenvalue weighted by molar-refractivity contribution is 7.99. The van der Waals surface area contributed by atoms with Gasteiger partial charge in [0.2, 0.25) is 5.95 Å². The maximum atomic E-state index is 5.06. The molecule has 5 rings (SSSR count). The van der Waals surface area contributed by atoms with Gasteiger partial charge < -0.3 is 15.5 Å². The number of hydrogen-bond acceptors (Lipinski definition) is 6. The smallest absolute Gasteiger partial charge is 0.228 e. The molecule has 5 nitrogen and oxygen atoms in total. The van der Waals surface area contributed by atoms with Crippen LogP contribution in [0.3, 0.4) is 0 Å². The molecule has 3 aromatic rings. The zero-order valence-electron chi connectivity index (χ0n) is 18.3. The van der Waals surface area contributed by atoms with Crippen LogP contribution in [0, 0.1) is 6.92 Å². The van der Waals surface area contributed by atoms with E-state index in [-0.39, 0.29) is 5.54 Å². The molecule has 0 amide bonds. The van der Waals surface area contributed by atoms with E-state index in [0.717, 1.165) is 67.2 Å². The summed E-state index contributed by atoms with van der Waals surface area (Å²) in [6.07, 6.45) is 2.20. The zero-order valence-corrected chi connectivity index (χ0v) is 19.1. The van der Waals surface area contributed by atoms with Crippen LogP contribution in [-0.2, 0) is 6.54 Å². The van der Waals surface area contributed by atoms with Crippen molar-refractivity contribution in [2.24, 2.45) is 0 Å². The highest BCUT2D eigenvalue weighted by atomic mass is 32.2. The van der Waals surface area contributed by atoms with Gasteiger partial charge in [0.25, 0.3) is 0 Å². The number of anilines is 2. The van der Waals surface area contributed by atoms with Crippen molar-refractivity contribution < 1.29 is 0 Å². The predicted molar refractivity (Wildman–Crippen MR) is 133 cm³/mol. The molecule has 2 aromatic carbocycles. The first kappa shape index (κ1) is 20.6. The number of hydrogen-bond donors (Lipinski definition) is 2. The van der Waals surface area contributed by atoms with Gasteiger partial charge in [-0.05, 0) is 37.2 Å². The third kappa shape index (κ3) is 4.26. The Labute approximate surface area is 189 Å². The van der Waals surface area contributed by atoms with Gasteiger partial charge in [0.15, 0.2) is 0 Å². The summed E-state index contributed by atoms with van der Waals surface area (Å²) < 4.78 is 0. The Balaban J connectivity index is 1.48. The van der Waals surface area contributed by atoms with Gasteiger partial charge in [0.05, 0.1) is 5.52 Å². The maximum Gasteiger partial charge on any atom is 0.228 e. The number of nitrogens with one attached hydrogen (secondary N) is 2. The van der Waals surface area contributed by atoms with Crippen LogP contribution in [0.25, 0.3) is 10.9 Å². The topological polar surface area (TPSA) is 53.1 Å². The second kappa shape index (κ2) is 8.71. The summed E-state index contributed by atoms with van der Waals surface area (Å²) in [5, 5.41) is 8.46. The molecule has 0 spiro atoms. The fourth-order valence-electron chi connectivity index (χ4n) is 4.47. The van der Waals surface area contributed by atoms with Crippen molar-refractivity contribution >= 4 is 41.7 Å². The number of aromatic nitrogens is 2. The molecule has 0 atom stereocenters. The molecule has 31 heavy (non-hydrogen) atoms. The number of benzene rings is 2. The largest absolute Gasteiger partial charge is 0.368 e. The van der Waals surface area contributed by atoms with Crippen LogP contribution in [0.1, 0.15) is 18.1 Å². The average Bonchev–Trinajstić information content (AvgIpc) is 2.98. The number of aryl methyl sites for hydroxylation is 1. The number of fused-ring (bicyclic) bond motifs is 2. The second-order valence-corrected chi connectivity index (χ2v) is 9.77. The first-order chi connectivity index (χ1) is 15.2. The van der Waals surface area contributed by atoms with Crippen molar-refractivity contribution in [3.8, 4) is 0 Å². The van der Waals surface area contributed by atoms with E-state index in [2.05, 4.69) is 79.1 Å². The SMILES string of the molecule is CCNC1(CNc2nc(N3CCSc4ccccc4C3)nc3ccc(C)cc23)C[B]C1. The van der Waals surface area contributed by atoms with Crippen molar-refractivity contribution in [3.05, 3.63) is 53.6 Å². The minimum atomic E-state index is 0.147. The summed E-state index contributed by atoms with van der Waals surface area (Å²) >= 11 is 1.92. The van der Waals surface area contributed by atoms with Crippen LogP contribution < -0.4 is 15.5 Å². The molecule has 159 valence electrons. The normalized spacial score (nSPS) is 17.4. The van der Waals surface area contributed by atoms with E-state index in [1.54, 1.807) is 0 Å². The molecule has 0 aliphatic carbocycles. The molecule has 3 heterocycles. The lowest BCUT2D eigenvalue weighted by Gasteiger charge is -2.42. The van der Waals surface area contributed by atoms with Gasteiger partial charge in [-0.1, -0.05) is 49.4 Å². The molecular weight excluding hydrogens is 401 g/mol. The maximum absolute atomic E-state index is 5.06. The summed E-state index contributed by atoms with van der Waals surface area (Å²) in [7, 11) is 2.35. The van der Waals surface area contributed by atoms with Crippen molar-refractivity contribution in [2.45, 2.75) is 43.5 Å². The minimum absolute atomic E-state index is 0.147. The minimum Gasteiger partial charge on any atom is -0.368 e. The number of likely N-dealkylation sites (N-methyl/N-ethyl adjacent to an activating group) is 1. The first-order valence-electron chi connectivity index (χ1n) is 11.2. The fraction of sp³-hybridized carbons (Fsp3) is 0.417. The zero-order chi connectivity index (χ0) is 21.3. The van der Waals surface area contributed by atoms with Crippen LogP contribution in [0.15, 0.2) is 47.4 Å². The molecule has 1 aromatic heterocycles. The van der Waals surface area contributed by atoms with Crippen molar-refractivity contribution in [2.75, 3.05) is 35.6 Å². The van der Waals surface area contributed by atoms with Gasteiger partial charge in [0.1, 0.15) is 13.1 Å². The molecular formula is C24H29BN5S. The van der Waals surface area contributed by atoms with Crippen LogP contribution in [-0.4, -0.2) is 48.2 Å². The lowest BCUT2D eigenvalue weighted by atomic mass is 9.46. The molecule has 1 saturated heterocycles. The van der Waals surface area contributed by atoms with E-state index >= 15 is 0 Å². The van der Waals surface area contributed by atoms with Gasteiger partial charge in [-0.3, -0.25) is 0 Å². The van der Waals surface area contributed by atoms with Crippen LogP contribution in [0.5, 0.6) is 0 Å². The van der Waals surface area contributed by atoms with Crippen molar-refractivity contribution in [1.82, 2.24) is 15.3 Å². The van der Waals surface area contributed by atoms with Crippen molar-refractivity contribution in [1.29, 1.82) is 0 Å². The molecule has 2 aliphatic rings. The number of rotatable bonds is 6. The summed E-state index contributed by atoms with van der Waals surface area (Å²) in [5.41, 5.74) is 3.73. The predicted octanol–water partition coefficient (Wildman–Crippen LogP) is 4.37. The van der Waals surface area contributed by atoms with Crippen LogP contribution >= 0.6 is 11.8 Å². The second-order valence-electron chi connectivity index (χ2n) is 8.63. The molecule has 2 N–H and O–H groups in total. The van der Waals surface area contributed by atoms with Crippen LogP contribution in [0.2, 0.25) is 12.6 Å². The van der Waals surface area contributed by atoms with E-state index in [0.29, 0.717) is 0 Å². The Kier molecular flexibility index (Phi) is 5.80. The van der Waals surface area contributed by atoms with E-state index in [1.807, 2.05) is 11.8 Å². The Morgan fingerprint density at radius 2 is 2.03 bits per heavy atom. The Morgan fingerprint density at radius 1 is 1.16 bits per heavy atom. The summed E-state index contributed by atoms with van der Waals surface area (Å²) in [6, 6.07) is 15.1. The highest BCUT2D eigenvalue weighted by Gasteiger charge is 2.36. The lowest BCUT2D eigenvalue weighted by molar-refractivity contribution is 0.387. The van der Waals surface area contributed by atoms with E-state index in [9.17, 15) is 0 Å². The third-order valence-corrected chi connectivity index (χ3v) is 7.39. The monoisotopic (exact) mass is 430 g/mol. The first-order valence-corrected chi connectivity index (χ1v) is 12.2. The fourth-order valence-corrected chi connectivity index (χ4v) is 5.50. The van der Waals surface area contributed by atoms with Crippen molar-refractivity contribution in [3.63, 3.8) is 0 Å². The number of nitrogens with zero attached hydrogens (tertiary/aromatic N) is 3. The number of thioether (sulfide) groups is 1. The molecule has 1 fully saturated rings. The standard InChI is InChI=1S/C24H29BN5S/c1-3-27-24(14-25-15-24)16-26-22-19-12-17(2)8-9-20(19)28-23(29-22)30-10-11-31-21-7-5-4-6-18(21)13-30/h4-9,12,27H,3,10-11,13-16H2,1-2H3,(H,26,28,29). The molecule has 0 unspecified atom stereocenters. The van der Waals surface area contributed by atoms with Crippen LogP contribution in [0.4, 0.5) is 11.8 Å². The van der Waals surface area contributed by atoms with Gasteiger partial charge in [0, 0.05) is 41.2 Å². The molecule has 2 aliphatic heterocycles. The van der Waals surface area contributed by atoms with Gasteiger partial charge in [-0.15, -0.1) is 11.8 Å². The highest BCUT2D eigenvalue weighted by Crippen LogP contribution is 2.32. The Bertz CT molecular complexity index is 1080. The lowest BCUT2D eigenvalue weighted by Crippen LogP contribution is -2.57. The average molecular weight is 430 g/mol. The van der Waals surface area contributed by atoms with Gasteiger partial charge in [-0.25, -0.2) is 4.98 Å². The summed E-state index contributed by atoms with van der Waals surface area (Å²) in [6.45, 7) is 7.94. The Hall–Kier alpha value is -2.25. The van der Waals surface area contributed by atoms with Gasteiger partial charge >= 0.3 is 0 Å². The van der Waals surface area contributed by atoms with Gasteiger partial charge in [-0.2, -0.15) is 4.98 Å². The molecule has 0 saturated carbocycles. The summed E-state index contributed by atoms with van der Waals surface area (Å²) in [5.74, 6) is 2.79. The molecule has 1 radical (unpaired) electrons. The quantitative estimate of drug-likeness (QED) is 0.567. The third-order valence-electron chi connectivity index (χ3n) is 6.29. The van der Waals surface area contributed by atoms with E-state index in [1.165, 1.54) is 16.0 Å². The van der Waals surface area contributed by atoms with E-state index in [4.69, 9.17) is 9.97 Å².